The molecule has 2 aromatic heterocycles. The first kappa shape index (κ1) is 25.9. The summed E-state index contributed by atoms with van der Waals surface area (Å²) in [6.45, 7) is 1.64. The Morgan fingerprint density at radius 3 is 2.49 bits per heavy atom. The van der Waals surface area contributed by atoms with E-state index in [1.54, 1.807) is 36.4 Å². The maximum atomic E-state index is 13.8. The van der Waals surface area contributed by atoms with Crippen LogP contribution in [-0.2, 0) is 20.9 Å². The van der Waals surface area contributed by atoms with Gasteiger partial charge in [-0.15, -0.1) is 0 Å². The molecular weight excluding hydrogens is 581 g/mol. The SMILES string of the molecule is Cc1ccc(N2C(=O)[C@H]3[C@H](c4ccco4)c4sc(=O)n(CC(=O)Nc5ccc(Cl)c(Cl)c5)c4S[C@H]3C2=O)cc1. The van der Waals surface area contributed by atoms with Gasteiger partial charge in [0.15, 0.2) is 0 Å². The van der Waals surface area contributed by atoms with Crippen LogP contribution in [0.4, 0.5) is 11.4 Å². The predicted octanol–water partition coefficient (Wildman–Crippen LogP) is 5.55. The molecule has 1 saturated heterocycles. The number of imide groups is 1. The molecule has 1 fully saturated rings. The van der Waals surface area contributed by atoms with Crippen molar-refractivity contribution >= 4 is 75.4 Å². The Bertz CT molecular complexity index is 1680. The van der Waals surface area contributed by atoms with E-state index in [-0.39, 0.29) is 28.3 Å². The molecule has 6 rings (SSSR count). The third kappa shape index (κ3) is 4.51. The van der Waals surface area contributed by atoms with Crippen LogP contribution >= 0.6 is 46.3 Å². The molecule has 4 heterocycles. The van der Waals surface area contributed by atoms with E-state index < -0.39 is 23.0 Å². The molecule has 4 aromatic rings. The largest absolute Gasteiger partial charge is 0.469 e. The average Bonchev–Trinajstić information content (AvgIpc) is 3.60. The van der Waals surface area contributed by atoms with E-state index >= 15 is 0 Å². The van der Waals surface area contributed by atoms with Crippen LogP contribution < -0.4 is 15.1 Å². The number of furan rings is 1. The van der Waals surface area contributed by atoms with Crippen molar-refractivity contribution in [1.29, 1.82) is 0 Å². The molecule has 0 saturated carbocycles. The number of aromatic nitrogens is 1. The van der Waals surface area contributed by atoms with Crippen LogP contribution in [0.3, 0.4) is 0 Å². The molecule has 0 aliphatic carbocycles. The van der Waals surface area contributed by atoms with E-state index in [1.165, 1.54) is 21.8 Å². The third-order valence-corrected chi connectivity index (χ3v) is 10.0. The fourth-order valence-electron chi connectivity index (χ4n) is 4.90. The molecule has 3 amide bonds. The van der Waals surface area contributed by atoms with Gasteiger partial charge in [0.2, 0.25) is 17.7 Å². The zero-order chi connectivity index (χ0) is 27.4. The van der Waals surface area contributed by atoms with Crippen LogP contribution in [0.2, 0.25) is 10.0 Å². The van der Waals surface area contributed by atoms with Gasteiger partial charge >= 0.3 is 4.87 Å². The number of hydrogen-bond donors (Lipinski definition) is 1. The summed E-state index contributed by atoms with van der Waals surface area (Å²) >= 11 is 14.1. The summed E-state index contributed by atoms with van der Waals surface area (Å²) in [7, 11) is 0. The Hall–Kier alpha value is -3.31. The Kier molecular flexibility index (Phi) is 6.66. The number of benzene rings is 2. The zero-order valence-electron chi connectivity index (χ0n) is 20.2. The van der Waals surface area contributed by atoms with E-state index in [0.29, 0.717) is 32.1 Å². The minimum Gasteiger partial charge on any atom is -0.469 e. The minimum atomic E-state index is -0.792. The molecule has 2 aliphatic rings. The lowest BCUT2D eigenvalue weighted by Gasteiger charge is -2.29. The number of halogens is 2. The van der Waals surface area contributed by atoms with Crippen molar-refractivity contribution in [2.24, 2.45) is 5.92 Å². The van der Waals surface area contributed by atoms with Crippen molar-refractivity contribution in [2.45, 2.75) is 29.7 Å². The number of fused-ring (bicyclic) bond motifs is 2. The van der Waals surface area contributed by atoms with Crippen LogP contribution in [0.25, 0.3) is 0 Å². The van der Waals surface area contributed by atoms with Crippen molar-refractivity contribution in [1.82, 2.24) is 4.57 Å². The van der Waals surface area contributed by atoms with Gasteiger partial charge in [-0.05, 0) is 49.4 Å². The number of anilines is 2. The number of nitrogens with zero attached hydrogens (tertiary/aromatic N) is 2. The highest BCUT2D eigenvalue weighted by molar-refractivity contribution is 8.00. The number of carbonyl (C=O) groups is 3. The number of thiazole rings is 1. The monoisotopic (exact) mass is 599 g/mol. The van der Waals surface area contributed by atoms with Gasteiger partial charge in [-0.25, -0.2) is 4.90 Å². The molecule has 198 valence electrons. The summed E-state index contributed by atoms with van der Waals surface area (Å²) in [6.07, 6.45) is 1.50. The predicted molar refractivity (Wildman–Crippen MR) is 151 cm³/mol. The van der Waals surface area contributed by atoms with Crippen LogP contribution in [0, 0.1) is 12.8 Å². The highest BCUT2D eigenvalue weighted by Crippen LogP contribution is 2.53. The number of amides is 3. The van der Waals surface area contributed by atoms with Crippen LogP contribution in [0.15, 0.2) is 75.1 Å². The maximum Gasteiger partial charge on any atom is 0.308 e. The van der Waals surface area contributed by atoms with Crippen LogP contribution in [0.5, 0.6) is 0 Å². The minimum absolute atomic E-state index is 0.282. The summed E-state index contributed by atoms with van der Waals surface area (Å²) in [4.78, 5) is 54.9. The van der Waals surface area contributed by atoms with Gasteiger partial charge in [-0.2, -0.15) is 0 Å². The molecule has 8 nitrogen and oxygen atoms in total. The Balaban J connectivity index is 1.37. The van der Waals surface area contributed by atoms with Crippen molar-refractivity contribution in [3.8, 4) is 0 Å². The number of rotatable bonds is 5. The highest BCUT2D eigenvalue weighted by Gasteiger charge is 2.57. The molecule has 3 atom stereocenters. The molecule has 0 unspecified atom stereocenters. The third-order valence-electron chi connectivity index (χ3n) is 6.70. The van der Waals surface area contributed by atoms with Crippen molar-refractivity contribution in [3.05, 3.63) is 96.8 Å². The van der Waals surface area contributed by atoms with E-state index in [0.717, 1.165) is 28.7 Å². The van der Waals surface area contributed by atoms with Gasteiger partial charge in [0.1, 0.15) is 17.6 Å². The van der Waals surface area contributed by atoms with Crippen LogP contribution in [0.1, 0.15) is 22.1 Å². The second-order valence-electron chi connectivity index (χ2n) is 9.21. The summed E-state index contributed by atoms with van der Waals surface area (Å²) in [5.41, 5.74) is 1.92. The molecule has 2 aliphatic heterocycles. The normalized spacial score (nSPS) is 20.2. The Labute approximate surface area is 240 Å². The quantitative estimate of drug-likeness (QED) is 0.302. The number of aryl methyl sites for hydroxylation is 1. The standard InChI is InChI=1S/C27H19Cl2N3O5S2/c1-13-4-7-15(8-5-13)32-24(34)21-20(18-3-2-10-37-18)23-26(38-22(21)25(32)35)31(27(36)39-23)12-19(33)30-14-6-9-16(28)17(29)11-14/h2-11,20-22H,12H2,1H3,(H,30,33)/t20-,21-,22+/m0/s1. The average molecular weight is 601 g/mol. The van der Waals surface area contributed by atoms with Crippen molar-refractivity contribution in [2.75, 3.05) is 10.2 Å². The van der Waals surface area contributed by atoms with Gasteiger partial charge in [0, 0.05) is 5.69 Å². The molecule has 2 aromatic carbocycles. The zero-order valence-corrected chi connectivity index (χ0v) is 23.4. The Morgan fingerprint density at radius 2 is 1.79 bits per heavy atom. The van der Waals surface area contributed by atoms with Gasteiger partial charge in [0.25, 0.3) is 0 Å². The molecular formula is C27H19Cl2N3O5S2. The summed E-state index contributed by atoms with van der Waals surface area (Å²) in [5, 5.41) is 3.04. The molecule has 1 N–H and O–H groups in total. The fraction of sp³-hybridized carbons (Fsp3) is 0.185. The topological polar surface area (TPSA) is 102 Å². The van der Waals surface area contributed by atoms with Gasteiger partial charge < -0.3 is 9.73 Å². The first-order valence-corrected chi connectivity index (χ1v) is 14.3. The summed E-state index contributed by atoms with van der Waals surface area (Å²) in [6, 6.07) is 15.3. The molecule has 0 spiro atoms. The molecule has 39 heavy (non-hydrogen) atoms. The first-order valence-electron chi connectivity index (χ1n) is 11.9. The summed E-state index contributed by atoms with van der Waals surface area (Å²) in [5.74, 6) is -2.11. The molecule has 0 bridgehead atoms. The first-order chi connectivity index (χ1) is 18.7. The van der Waals surface area contributed by atoms with E-state index in [2.05, 4.69) is 5.32 Å². The lowest BCUT2D eigenvalue weighted by atomic mass is 9.87. The van der Waals surface area contributed by atoms with E-state index in [9.17, 15) is 19.2 Å². The number of thioether (sulfide) groups is 1. The maximum absolute atomic E-state index is 13.8. The second kappa shape index (κ2) is 10.0. The van der Waals surface area contributed by atoms with Gasteiger partial charge in [-0.3, -0.25) is 23.7 Å². The molecule has 12 heteroatoms. The van der Waals surface area contributed by atoms with Gasteiger partial charge in [0.05, 0.1) is 43.7 Å². The number of carbonyl (C=O) groups excluding carboxylic acids is 3. The van der Waals surface area contributed by atoms with E-state index in [4.69, 9.17) is 27.6 Å². The summed E-state index contributed by atoms with van der Waals surface area (Å²) < 4.78 is 7.05. The number of hydrogen-bond acceptors (Lipinski definition) is 7. The smallest absolute Gasteiger partial charge is 0.308 e. The van der Waals surface area contributed by atoms with Gasteiger partial charge in [-0.1, -0.05) is 64.0 Å². The van der Waals surface area contributed by atoms with Crippen LogP contribution in [-0.4, -0.2) is 27.5 Å². The van der Waals surface area contributed by atoms with Crippen molar-refractivity contribution < 1.29 is 18.8 Å². The molecule has 0 radical (unpaired) electrons. The number of nitrogens with one attached hydrogen (secondary N) is 1. The lowest BCUT2D eigenvalue weighted by molar-refractivity contribution is -0.122. The van der Waals surface area contributed by atoms with Crippen molar-refractivity contribution in [3.63, 3.8) is 0 Å². The highest BCUT2D eigenvalue weighted by atomic mass is 35.5. The lowest BCUT2D eigenvalue weighted by Crippen LogP contribution is -2.32. The van der Waals surface area contributed by atoms with E-state index in [1.807, 2.05) is 19.1 Å². The Morgan fingerprint density at radius 1 is 1.03 bits per heavy atom. The fourth-order valence-corrected chi connectivity index (χ4v) is 7.95. The second-order valence-corrected chi connectivity index (χ2v) is 12.1.